The molecule has 1 amide bonds. The third-order valence-corrected chi connectivity index (χ3v) is 2.46. The number of amides is 1. The largest absolute Gasteiger partial charge is 0.480 e. The number of nitrogens with zero attached hydrogens (tertiary/aromatic N) is 2. The molecule has 0 unspecified atom stereocenters. The van der Waals surface area contributed by atoms with Crippen molar-refractivity contribution in [3.8, 4) is 0 Å². The summed E-state index contributed by atoms with van der Waals surface area (Å²) in [5.41, 5.74) is -0.190. The predicted octanol–water partition coefficient (Wildman–Crippen LogP) is 1.64. The summed E-state index contributed by atoms with van der Waals surface area (Å²) in [4.78, 5) is 29.2. The van der Waals surface area contributed by atoms with Gasteiger partial charge in [-0.3, -0.25) is 4.90 Å². The number of hydrogen-bond donors (Lipinski definition) is 1. The molecular weight excluding hydrogens is 264 g/mol. The van der Waals surface area contributed by atoms with Crippen LogP contribution in [0.25, 0.3) is 0 Å². The normalized spacial score (nSPS) is 20.9. The van der Waals surface area contributed by atoms with Gasteiger partial charge in [-0.25, -0.2) is 9.59 Å². The van der Waals surface area contributed by atoms with Crippen LogP contribution >= 0.6 is 0 Å². The molecule has 0 aliphatic carbocycles. The molecule has 20 heavy (non-hydrogen) atoms. The number of aliphatic carboxylic acids is 1. The minimum atomic E-state index is -1.09. The molecular formula is C13H20N2O5. The summed E-state index contributed by atoms with van der Waals surface area (Å²) in [6.07, 6.45) is 0.990. The third-order valence-electron chi connectivity index (χ3n) is 2.46. The highest BCUT2D eigenvalue weighted by atomic mass is 16.6. The predicted molar refractivity (Wildman–Crippen MR) is 72.6 cm³/mol. The average Bonchev–Trinajstić information content (AvgIpc) is 2.71. The van der Waals surface area contributed by atoms with Crippen molar-refractivity contribution in [2.45, 2.75) is 38.8 Å². The Hall–Kier alpha value is -2.05. The van der Waals surface area contributed by atoms with Crippen molar-refractivity contribution < 1.29 is 24.3 Å². The Kier molecular flexibility index (Phi) is 5.12. The van der Waals surface area contributed by atoms with Gasteiger partial charge in [0.25, 0.3) is 0 Å². The van der Waals surface area contributed by atoms with Gasteiger partial charge in [-0.15, -0.1) is 0 Å². The highest BCUT2D eigenvalue weighted by molar-refractivity contribution is 5.98. The Morgan fingerprint density at radius 2 is 2.20 bits per heavy atom. The molecule has 112 valence electrons. The topological polar surface area (TPSA) is 88.4 Å². The maximum absolute atomic E-state index is 12.0. The van der Waals surface area contributed by atoms with Gasteiger partial charge >= 0.3 is 12.1 Å². The zero-order valence-electron chi connectivity index (χ0n) is 12.0. The lowest BCUT2D eigenvalue weighted by molar-refractivity contribution is -0.142. The lowest BCUT2D eigenvalue weighted by Crippen LogP contribution is -2.43. The number of carbonyl (C=O) groups excluding carboxylic acids is 1. The summed E-state index contributed by atoms with van der Waals surface area (Å²) >= 11 is 0. The highest BCUT2D eigenvalue weighted by Gasteiger charge is 2.40. The van der Waals surface area contributed by atoms with Gasteiger partial charge in [0.05, 0.1) is 12.3 Å². The van der Waals surface area contributed by atoms with Crippen molar-refractivity contribution >= 4 is 17.8 Å². The fraction of sp³-hybridized carbons (Fsp3) is 0.615. The first-order valence-corrected chi connectivity index (χ1v) is 6.25. The molecule has 0 spiro atoms. The van der Waals surface area contributed by atoms with E-state index in [-0.39, 0.29) is 19.6 Å². The van der Waals surface area contributed by atoms with Crippen LogP contribution in [0, 0.1) is 0 Å². The van der Waals surface area contributed by atoms with Crippen molar-refractivity contribution in [2.24, 2.45) is 5.16 Å². The molecule has 0 bridgehead atoms. The lowest BCUT2D eigenvalue weighted by Gasteiger charge is -2.26. The molecule has 1 aliphatic heterocycles. The molecule has 1 fully saturated rings. The Bertz CT molecular complexity index is 425. The van der Waals surface area contributed by atoms with E-state index in [2.05, 4.69) is 11.7 Å². The van der Waals surface area contributed by atoms with E-state index in [0.29, 0.717) is 5.71 Å². The van der Waals surface area contributed by atoms with E-state index in [1.165, 1.54) is 6.08 Å². The Balaban J connectivity index is 2.77. The fourth-order valence-corrected chi connectivity index (χ4v) is 1.69. The fourth-order valence-electron chi connectivity index (χ4n) is 1.69. The number of hydrogen-bond acceptors (Lipinski definition) is 5. The number of carboxylic acid groups (broad SMARTS) is 1. The van der Waals surface area contributed by atoms with Crippen LogP contribution in [0.2, 0.25) is 0 Å². The first kappa shape index (κ1) is 16.0. The van der Waals surface area contributed by atoms with E-state index in [4.69, 9.17) is 14.7 Å². The second-order valence-corrected chi connectivity index (χ2v) is 5.41. The van der Waals surface area contributed by atoms with Gasteiger partial charge in [0.2, 0.25) is 0 Å². The molecule has 1 heterocycles. The lowest BCUT2D eigenvalue weighted by atomic mass is 10.2. The van der Waals surface area contributed by atoms with Crippen molar-refractivity contribution in [3.63, 3.8) is 0 Å². The molecule has 1 aliphatic rings. The molecule has 0 radical (unpaired) electrons. The summed E-state index contributed by atoms with van der Waals surface area (Å²) < 4.78 is 5.19. The van der Waals surface area contributed by atoms with Crippen LogP contribution in [0.1, 0.15) is 27.2 Å². The maximum Gasteiger partial charge on any atom is 0.411 e. The zero-order chi connectivity index (χ0) is 15.3. The summed E-state index contributed by atoms with van der Waals surface area (Å²) in [5, 5.41) is 13.0. The van der Waals surface area contributed by atoms with E-state index < -0.39 is 23.7 Å². The molecule has 1 rings (SSSR count). The van der Waals surface area contributed by atoms with E-state index in [9.17, 15) is 9.59 Å². The van der Waals surface area contributed by atoms with Gasteiger partial charge in [0.1, 0.15) is 18.2 Å². The second kappa shape index (κ2) is 6.40. The molecule has 1 N–H and O–H groups in total. The smallest absolute Gasteiger partial charge is 0.411 e. The van der Waals surface area contributed by atoms with Crippen LogP contribution in [0.3, 0.4) is 0 Å². The van der Waals surface area contributed by atoms with Gasteiger partial charge in [-0.2, -0.15) is 0 Å². The Labute approximate surface area is 117 Å². The third kappa shape index (κ3) is 4.56. The van der Waals surface area contributed by atoms with Crippen LogP contribution in [0.4, 0.5) is 4.79 Å². The average molecular weight is 284 g/mol. The summed E-state index contributed by atoms with van der Waals surface area (Å²) in [6, 6.07) is -0.976. The Morgan fingerprint density at radius 3 is 2.70 bits per heavy atom. The highest BCUT2D eigenvalue weighted by Crippen LogP contribution is 2.20. The van der Waals surface area contributed by atoms with Crippen LogP contribution < -0.4 is 0 Å². The SMILES string of the molecule is C=CCO/N=C1\C[C@@H](C(=O)O)N(C(=O)OC(C)(C)C)C1. The van der Waals surface area contributed by atoms with Gasteiger partial charge in [-0.05, 0) is 20.8 Å². The van der Waals surface area contributed by atoms with Gasteiger partial charge < -0.3 is 14.7 Å². The van der Waals surface area contributed by atoms with E-state index in [0.717, 1.165) is 4.90 Å². The first-order chi connectivity index (χ1) is 9.24. The monoisotopic (exact) mass is 284 g/mol. The number of carboxylic acids is 1. The molecule has 0 saturated carbocycles. The quantitative estimate of drug-likeness (QED) is 0.481. The van der Waals surface area contributed by atoms with Crippen LogP contribution in [0.15, 0.2) is 17.8 Å². The first-order valence-electron chi connectivity index (χ1n) is 6.25. The van der Waals surface area contributed by atoms with Crippen molar-refractivity contribution in [1.29, 1.82) is 0 Å². The zero-order valence-corrected chi connectivity index (χ0v) is 12.0. The number of rotatable bonds is 4. The molecule has 7 nitrogen and oxygen atoms in total. The van der Waals surface area contributed by atoms with Crippen molar-refractivity contribution in [1.82, 2.24) is 4.90 Å². The van der Waals surface area contributed by atoms with E-state index in [1.807, 2.05) is 0 Å². The van der Waals surface area contributed by atoms with E-state index in [1.54, 1.807) is 20.8 Å². The van der Waals surface area contributed by atoms with Crippen LogP contribution in [0.5, 0.6) is 0 Å². The molecule has 0 aromatic heterocycles. The minimum absolute atomic E-state index is 0.0863. The van der Waals surface area contributed by atoms with Gasteiger partial charge in [-0.1, -0.05) is 17.8 Å². The summed E-state index contributed by atoms with van der Waals surface area (Å²) in [7, 11) is 0. The number of likely N-dealkylation sites (tertiary alicyclic amines) is 1. The number of carbonyl (C=O) groups is 2. The van der Waals surface area contributed by atoms with Crippen molar-refractivity contribution in [2.75, 3.05) is 13.2 Å². The van der Waals surface area contributed by atoms with Gasteiger partial charge in [0.15, 0.2) is 0 Å². The molecule has 1 atom stereocenters. The molecule has 0 aromatic rings. The Morgan fingerprint density at radius 1 is 1.55 bits per heavy atom. The van der Waals surface area contributed by atoms with Crippen molar-refractivity contribution in [3.05, 3.63) is 12.7 Å². The number of ether oxygens (including phenoxy) is 1. The molecule has 7 heteroatoms. The summed E-state index contributed by atoms with van der Waals surface area (Å²) in [6.45, 7) is 8.96. The minimum Gasteiger partial charge on any atom is -0.480 e. The van der Waals surface area contributed by atoms with Gasteiger partial charge in [0, 0.05) is 6.42 Å². The molecule has 0 aromatic carbocycles. The maximum atomic E-state index is 12.0. The van der Waals surface area contributed by atoms with Crippen LogP contribution in [-0.2, 0) is 14.4 Å². The number of oxime groups is 1. The summed E-state index contributed by atoms with van der Waals surface area (Å²) in [5.74, 6) is -1.09. The molecule has 1 saturated heterocycles. The van der Waals surface area contributed by atoms with E-state index >= 15 is 0 Å². The standard InChI is InChI=1S/C13H20N2O5/c1-5-6-19-14-9-7-10(11(16)17)15(8-9)12(18)20-13(2,3)4/h5,10H,1,6-8H2,2-4H3,(H,16,17)/b14-9+/t10-/m0/s1. The van der Waals surface area contributed by atoms with Crippen LogP contribution in [-0.4, -0.2) is 52.6 Å². The second-order valence-electron chi connectivity index (χ2n) is 5.41.